The van der Waals surface area contributed by atoms with Gasteiger partial charge in [0.2, 0.25) is 5.78 Å². The normalized spacial score (nSPS) is 11.2. The highest BCUT2D eigenvalue weighted by atomic mass is 16.5. The molecule has 35 heavy (non-hydrogen) atoms. The number of methoxy groups -OCH3 is 1. The number of nitrogens with one attached hydrogen (secondary N) is 1. The molecule has 0 bridgehead atoms. The highest BCUT2D eigenvalue weighted by Crippen LogP contribution is 2.26. The van der Waals surface area contributed by atoms with E-state index in [0.29, 0.717) is 28.1 Å². The molecule has 0 aliphatic heterocycles. The Morgan fingerprint density at radius 3 is 1.97 bits per heavy atom. The first-order valence-corrected chi connectivity index (χ1v) is 11.0. The number of Topliss-reactive ketones (excluding diaryl/α,β-unsaturated/α-hetero) is 1. The number of hydrogen-bond acceptors (Lipinski definition) is 5. The van der Waals surface area contributed by atoms with Gasteiger partial charge in [-0.3, -0.25) is 9.59 Å². The van der Waals surface area contributed by atoms with Crippen molar-refractivity contribution in [3.8, 4) is 5.75 Å². The maximum Gasteiger partial charge on any atom is 0.339 e. The molecule has 0 fully saturated rings. The Hall–Kier alpha value is -4.71. The summed E-state index contributed by atoms with van der Waals surface area (Å²) in [5.74, 6) is -0.727. The SMILES string of the molecule is COc1ccc(C(=O)[C@H](OC(=O)c2cccc(NC(=O)c3ccccc3)c2)c2ccccc2)cc1. The van der Waals surface area contributed by atoms with E-state index >= 15 is 0 Å². The van der Waals surface area contributed by atoms with Gasteiger partial charge in [0.25, 0.3) is 5.91 Å². The maximum absolute atomic E-state index is 13.3. The number of benzene rings is 4. The highest BCUT2D eigenvalue weighted by Gasteiger charge is 2.27. The molecule has 0 aliphatic carbocycles. The molecule has 0 saturated heterocycles. The zero-order valence-corrected chi connectivity index (χ0v) is 19.0. The van der Waals surface area contributed by atoms with Crippen molar-refractivity contribution in [1.29, 1.82) is 0 Å². The fourth-order valence-corrected chi connectivity index (χ4v) is 3.50. The largest absolute Gasteiger partial charge is 0.497 e. The van der Waals surface area contributed by atoms with Crippen molar-refractivity contribution in [2.45, 2.75) is 6.10 Å². The summed E-state index contributed by atoms with van der Waals surface area (Å²) in [5, 5.41) is 2.77. The molecule has 0 saturated carbocycles. The first kappa shape index (κ1) is 23.4. The van der Waals surface area contributed by atoms with E-state index in [2.05, 4.69) is 5.32 Å². The minimum Gasteiger partial charge on any atom is -0.497 e. The quantitative estimate of drug-likeness (QED) is 0.266. The third kappa shape index (κ3) is 5.81. The molecule has 4 aromatic rings. The topological polar surface area (TPSA) is 81.7 Å². The fourth-order valence-electron chi connectivity index (χ4n) is 3.50. The van der Waals surface area contributed by atoms with Crippen LogP contribution in [0.3, 0.4) is 0 Å². The van der Waals surface area contributed by atoms with Crippen LogP contribution < -0.4 is 10.1 Å². The summed E-state index contributed by atoms with van der Waals surface area (Å²) in [7, 11) is 1.54. The number of anilines is 1. The lowest BCUT2D eigenvalue weighted by molar-refractivity contribution is 0.0280. The van der Waals surface area contributed by atoms with Crippen LogP contribution in [-0.4, -0.2) is 24.8 Å². The summed E-state index contributed by atoms with van der Waals surface area (Å²) in [5.41, 5.74) is 2.08. The molecule has 4 rings (SSSR count). The second-order valence-corrected chi connectivity index (χ2v) is 7.69. The standard InChI is InChI=1S/C29H23NO5/c1-34-25-17-15-20(16-18-25)26(31)27(21-9-4-2-5-10-21)35-29(33)23-13-8-14-24(19-23)30-28(32)22-11-6-3-7-12-22/h2-19,27H,1H3,(H,30,32)/t27-/m1/s1. The van der Waals surface area contributed by atoms with Gasteiger partial charge in [-0.1, -0.05) is 54.6 Å². The number of carbonyl (C=O) groups is 3. The number of ether oxygens (including phenoxy) is 2. The van der Waals surface area contributed by atoms with E-state index in [4.69, 9.17) is 9.47 Å². The van der Waals surface area contributed by atoms with Gasteiger partial charge in [-0.2, -0.15) is 0 Å². The van der Waals surface area contributed by atoms with Crippen LogP contribution in [0.25, 0.3) is 0 Å². The summed E-state index contributed by atoms with van der Waals surface area (Å²) in [6, 6.07) is 30.6. The smallest absolute Gasteiger partial charge is 0.339 e. The summed E-state index contributed by atoms with van der Waals surface area (Å²) in [6.07, 6.45) is -1.14. The first-order valence-electron chi connectivity index (χ1n) is 11.0. The van der Waals surface area contributed by atoms with Crippen LogP contribution in [-0.2, 0) is 4.74 Å². The first-order chi connectivity index (χ1) is 17.0. The van der Waals surface area contributed by atoms with Crippen molar-refractivity contribution in [2.24, 2.45) is 0 Å². The second kappa shape index (κ2) is 10.9. The Morgan fingerprint density at radius 2 is 1.31 bits per heavy atom. The van der Waals surface area contributed by atoms with Crippen molar-refractivity contribution in [3.05, 3.63) is 131 Å². The van der Waals surface area contributed by atoms with Crippen LogP contribution in [0.15, 0.2) is 109 Å². The molecule has 1 N–H and O–H groups in total. The molecule has 0 radical (unpaired) electrons. The molecule has 0 spiro atoms. The lowest BCUT2D eigenvalue weighted by atomic mass is 9.99. The lowest BCUT2D eigenvalue weighted by Gasteiger charge is -2.18. The van der Waals surface area contributed by atoms with E-state index in [1.165, 1.54) is 6.07 Å². The van der Waals surface area contributed by atoms with Crippen LogP contribution >= 0.6 is 0 Å². The van der Waals surface area contributed by atoms with Gasteiger partial charge in [0, 0.05) is 22.4 Å². The van der Waals surface area contributed by atoms with E-state index in [9.17, 15) is 14.4 Å². The molecule has 0 unspecified atom stereocenters. The van der Waals surface area contributed by atoms with E-state index in [1.54, 1.807) is 98.1 Å². The zero-order chi connectivity index (χ0) is 24.6. The predicted molar refractivity (Wildman–Crippen MR) is 133 cm³/mol. The molecule has 1 amide bonds. The highest BCUT2D eigenvalue weighted by molar-refractivity contribution is 6.05. The minimum absolute atomic E-state index is 0.208. The van der Waals surface area contributed by atoms with Crippen molar-refractivity contribution in [2.75, 3.05) is 12.4 Å². The van der Waals surface area contributed by atoms with Gasteiger partial charge in [-0.15, -0.1) is 0 Å². The lowest BCUT2D eigenvalue weighted by Crippen LogP contribution is -2.20. The summed E-state index contributed by atoms with van der Waals surface area (Å²) in [6.45, 7) is 0. The third-order valence-electron chi connectivity index (χ3n) is 5.33. The molecule has 0 aliphatic rings. The van der Waals surface area contributed by atoms with Gasteiger partial charge in [-0.25, -0.2) is 4.79 Å². The molecule has 4 aromatic carbocycles. The molecule has 174 valence electrons. The molecular formula is C29H23NO5. The van der Waals surface area contributed by atoms with Crippen LogP contribution in [0.2, 0.25) is 0 Å². The Balaban J connectivity index is 1.55. The molecule has 1 atom stereocenters. The fraction of sp³-hybridized carbons (Fsp3) is 0.0690. The number of rotatable bonds is 8. The van der Waals surface area contributed by atoms with E-state index in [0.717, 1.165) is 0 Å². The number of carbonyl (C=O) groups excluding carboxylic acids is 3. The monoisotopic (exact) mass is 465 g/mol. The van der Waals surface area contributed by atoms with Crippen molar-refractivity contribution >= 4 is 23.3 Å². The van der Waals surface area contributed by atoms with Crippen LogP contribution in [0, 0.1) is 0 Å². The zero-order valence-electron chi connectivity index (χ0n) is 19.0. The van der Waals surface area contributed by atoms with Gasteiger partial charge in [0.15, 0.2) is 6.10 Å². The average Bonchev–Trinajstić information content (AvgIpc) is 2.92. The number of ketones is 1. The van der Waals surface area contributed by atoms with Gasteiger partial charge in [0.1, 0.15) is 5.75 Å². The summed E-state index contributed by atoms with van der Waals surface area (Å²) >= 11 is 0. The number of amides is 1. The Labute approximate surface area is 203 Å². The van der Waals surface area contributed by atoms with Gasteiger partial charge < -0.3 is 14.8 Å². The van der Waals surface area contributed by atoms with Crippen LogP contribution in [0.1, 0.15) is 42.7 Å². The maximum atomic E-state index is 13.3. The van der Waals surface area contributed by atoms with E-state index in [1.807, 2.05) is 12.1 Å². The summed E-state index contributed by atoms with van der Waals surface area (Å²) < 4.78 is 10.9. The Bertz CT molecular complexity index is 1320. The van der Waals surface area contributed by atoms with Crippen LogP contribution in [0.4, 0.5) is 5.69 Å². The Kier molecular flexibility index (Phi) is 7.33. The van der Waals surface area contributed by atoms with Crippen molar-refractivity contribution < 1.29 is 23.9 Å². The average molecular weight is 466 g/mol. The molecular weight excluding hydrogens is 442 g/mol. The molecule has 6 nitrogen and oxygen atoms in total. The van der Waals surface area contributed by atoms with Gasteiger partial charge >= 0.3 is 5.97 Å². The second-order valence-electron chi connectivity index (χ2n) is 7.69. The molecule has 0 aromatic heterocycles. The molecule has 0 heterocycles. The van der Waals surface area contributed by atoms with E-state index < -0.39 is 12.1 Å². The van der Waals surface area contributed by atoms with Crippen LogP contribution in [0.5, 0.6) is 5.75 Å². The van der Waals surface area contributed by atoms with Crippen molar-refractivity contribution in [3.63, 3.8) is 0 Å². The van der Waals surface area contributed by atoms with Gasteiger partial charge in [0.05, 0.1) is 12.7 Å². The van der Waals surface area contributed by atoms with Gasteiger partial charge in [-0.05, 0) is 54.6 Å². The third-order valence-corrected chi connectivity index (χ3v) is 5.33. The minimum atomic E-state index is -1.14. The Morgan fingerprint density at radius 1 is 0.686 bits per heavy atom. The number of esters is 1. The van der Waals surface area contributed by atoms with E-state index in [-0.39, 0.29) is 17.3 Å². The predicted octanol–water partition coefficient (Wildman–Crippen LogP) is 5.73. The van der Waals surface area contributed by atoms with Crippen molar-refractivity contribution in [1.82, 2.24) is 0 Å². The molecule has 6 heteroatoms. The summed E-state index contributed by atoms with van der Waals surface area (Å²) in [4.78, 5) is 38.8. The number of hydrogen-bond donors (Lipinski definition) is 1.